The molecule has 0 aliphatic rings. The lowest BCUT2D eigenvalue weighted by molar-refractivity contribution is -0.274. The summed E-state index contributed by atoms with van der Waals surface area (Å²) in [5.74, 6) is -1.61. The zero-order chi connectivity index (χ0) is 23.2. The Morgan fingerprint density at radius 2 is 1.71 bits per heavy atom. The normalized spacial score (nSPS) is 11.8. The van der Waals surface area contributed by atoms with Gasteiger partial charge in [0.2, 0.25) is 0 Å². The summed E-state index contributed by atoms with van der Waals surface area (Å²) in [5, 5.41) is 0. The Hall–Kier alpha value is -3.41. The van der Waals surface area contributed by atoms with Gasteiger partial charge in [0.15, 0.2) is 17.2 Å². The van der Waals surface area contributed by atoms with Crippen molar-refractivity contribution in [1.29, 1.82) is 0 Å². The van der Waals surface area contributed by atoms with Gasteiger partial charge in [-0.1, -0.05) is 12.1 Å². The van der Waals surface area contributed by atoms with E-state index in [2.05, 4.69) is 14.2 Å². The van der Waals surface area contributed by atoms with Crippen LogP contribution in [0.2, 0.25) is 0 Å². The number of halogens is 3. The van der Waals surface area contributed by atoms with Gasteiger partial charge in [0.25, 0.3) is 10.0 Å². The first-order chi connectivity index (χ1) is 14.5. The van der Waals surface area contributed by atoms with Gasteiger partial charge >= 0.3 is 12.3 Å². The Morgan fingerprint density at radius 1 is 1.03 bits per heavy atom. The molecule has 8 nitrogen and oxygen atoms in total. The van der Waals surface area contributed by atoms with Crippen LogP contribution in [0.1, 0.15) is 5.56 Å². The summed E-state index contributed by atoms with van der Waals surface area (Å²) in [6.07, 6.45) is -2.70. The van der Waals surface area contributed by atoms with E-state index in [1.165, 1.54) is 45.6 Å². The second-order valence-corrected chi connectivity index (χ2v) is 7.41. The summed E-state index contributed by atoms with van der Waals surface area (Å²) in [6.45, 7) is 0. The lowest BCUT2D eigenvalue weighted by atomic mass is 10.2. The van der Waals surface area contributed by atoms with Gasteiger partial charge in [-0.2, -0.15) is 0 Å². The van der Waals surface area contributed by atoms with E-state index in [4.69, 9.17) is 9.47 Å². The van der Waals surface area contributed by atoms with Gasteiger partial charge in [-0.15, -0.1) is 13.2 Å². The molecule has 0 aliphatic heterocycles. The molecule has 12 heteroatoms. The zero-order valence-electron chi connectivity index (χ0n) is 16.5. The molecule has 0 fully saturated rings. The molecule has 168 valence electrons. The van der Waals surface area contributed by atoms with Gasteiger partial charge in [0.1, 0.15) is 4.90 Å². The van der Waals surface area contributed by atoms with Gasteiger partial charge in [0.05, 0.1) is 27.0 Å². The zero-order valence-corrected chi connectivity index (χ0v) is 17.3. The molecule has 0 atom stereocenters. The molecule has 0 heterocycles. The first-order valence-electron chi connectivity index (χ1n) is 8.40. The number of hydrogen-bond donors (Lipinski definition) is 1. The predicted molar refractivity (Wildman–Crippen MR) is 105 cm³/mol. The molecule has 0 bridgehead atoms. The molecule has 0 spiro atoms. The fourth-order valence-corrected chi connectivity index (χ4v) is 3.73. The number of esters is 1. The number of methoxy groups -OCH3 is 3. The molecule has 0 amide bonds. The fourth-order valence-electron chi connectivity index (χ4n) is 2.44. The maximum atomic E-state index is 13.0. The van der Waals surface area contributed by atoms with Crippen molar-refractivity contribution in [3.05, 3.63) is 48.0 Å². The molecule has 1 N–H and O–H groups in total. The molecule has 2 aromatic rings. The van der Waals surface area contributed by atoms with Crippen LogP contribution in [0.15, 0.2) is 47.4 Å². The second kappa shape index (κ2) is 9.60. The van der Waals surface area contributed by atoms with Crippen molar-refractivity contribution < 1.29 is 45.3 Å². The van der Waals surface area contributed by atoms with Gasteiger partial charge in [-0.05, 0) is 35.9 Å². The van der Waals surface area contributed by atoms with Crippen LogP contribution in [0.25, 0.3) is 6.08 Å². The standard InChI is InChI=1S/C19H18F3NO7S/c1-27-15-10-12(8-9-17(24)28-2)11-16(18(15)29-3)31(25,26)23-13-6-4-5-7-14(13)30-19(20,21)22/h4-11,23H,1-3H3/b9-8+. The number of rotatable bonds is 8. The first kappa shape index (κ1) is 23.9. The Balaban J connectivity index is 2.56. The van der Waals surface area contributed by atoms with E-state index in [0.717, 1.165) is 24.3 Å². The topological polar surface area (TPSA) is 100 Å². The van der Waals surface area contributed by atoms with Crippen LogP contribution in [0.5, 0.6) is 17.2 Å². The van der Waals surface area contributed by atoms with E-state index in [1.807, 2.05) is 0 Å². The van der Waals surface area contributed by atoms with Crippen LogP contribution in [-0.2, 0) is 19.6 Å². The third kappa shape index (κ3) is 6.28. The maximum Gasteiger partial charge on any atom is 0.573 e. The first-order valence-corrected chi connectivity index (χ1v) is 9.88. The second-order valence-electron chi connectivity index (χ2n) is 5.76. The van der Waals surface area contributed by atoms with Gasteiger partial charge in [-0.25, -0.2) is 13.2 Å². The minimum absolute atomic E-state index is 0.00900. The van der Waals surface area contributed by atoms with Crippen LogP contribution in [0.3, 0.4) is 0 Å². The summed E-state index contributed by atoms with van der Waals surface area (Å²) in [5.41, 5.74) is -0.223. The quantitative estimate of drug-likeness (QED) is 0.474. The van der Waals surface area contributed by atoms with Crippen LogP contribution in [-0.4, -0.2) is 42.1 Å². The van der Waals surface area contributed by atoms with E-state index < -0.39 is 38.7 Å². The van der Waals surface area contributed by atoms with Crippen molar-refractivity contribution in [3.63, 3.8) is 0 Å². The van der Waals surface area contributed by atoms with E-state index >= 15 is 0 Å². The summed E-state index contributed by atoms with van der Waals surface area (Å²) in [6, 6.07) is 7.19. The smallest absolute Gasteiger partial charge is 0.493 e. The number of carbonyl (C=O) groups is 1. The minimum Gasteiger partial charge on any atom is -0.493 e. The number of ether oxygens (including phenoxy) is 4. The SMILES string of the molecule is COC(=O)/C=C/c1cc(OC)c(OC)c(S(=O)(=O)Nc2ccccc2OC(F)(F)F)c1. The lowest BCUT2D eigenvalue weighted by Gasteiger charge is -2.17. The van der Waals surface area contributed by atoms with Crippen LogP contribution in [0, 0.1) is 0 Å². The van der Waals surface area contributed by atoms with Crippen molar-refractivity contribution in [2.45, 2.75) is 11.3 Å². The molecule has 0 saturated heterocycles. The maximum absolute atomic E-state index is 13.0. The van der Waals surface area contributed by atoms with E-state index in [9.17, 15) is 26.4 Å². The number of sulfonamides is 1. The van der Waals surface area contributed by atoms with Gasteiger partial charge in [-0.3, -0.25) is 4.72 Å². The Bertz CT molecular complexity index is 1080. The number of hydrogen-bond acceptors (Lipinski definition) is 7. The fraction of sp³-hybridized carbons (Fsp3) is 0.211. The number of carbonyl (C=O) groups excluding carboxylic acids is 1. The number of benzene rings is 2. The van der Waals surface area contributed by atoms with Crippen molar-refractivity contribution >= 4 is 27.8 Å². The Labute approximate surface area is 176 Å². The third-order valence-corrected chi connectivity index (χ3v) is 5.10. The highest BCUT2D eigenvalue weighted by atomic mass is 32.2. The van der Waals surface area contributed by atoms with Gasteiger partial charge < -0.3 is 18.9 Å². The number of para-hydroxylation sites is 2. The van der Waals surface area contributed by atoms with Gasteiger partial charge in [0, 0.05) is 6.08 Å². The molecule has 0 radical (unpaired) electrons. The number of anilines is 1. The summed E-state index contributed by atoms with van der Waals surface area (Å²) >= 11 is 0. The van der Waals surface area contributed by atoms with E-state index in [1.54, 1.807) is 0 Å². The largest absolute Gasteiger partial charge is 0.573 e. The number of nitrogens with one attached hydrogen (secondary N) is 1. The average molecular weight is 461 g/mol. The third-order valence-electron chi connectivity index (χ3n) is 3.73. The molecular weight excluding hydrogens is 443 g/mol. The van der Waals surface area contributed by atoms with Crippen LogP contribution < -0.4 is 18.9 Å². The average Bonchev–Trinajstić information content (AvgIpc) is 2.71. The van der Waals surface area contributed by atoms with Crippen molar-refractivity contribution in [1.82, 2.24) is 0 Å². The molecule has 2 rings (SSSR count). The molecule has 0 unspecified atom stereocenters. The highest BCUT2D eigenvalue weighted by Crippen LogP contribution is 2.38. The van der Waals surface area contributed by atoms with Crippen LogP contribution in [0.4, 0.5) is 18.9 Å². The Morgan fingerprint density at radius 3 is 2.29 bits per heavy atom. The van der Waals surface area contributed by atoms with E-state index in [-0.39, 0.29) is 17.1 Å². The minimum atomic E-state index is -5.03. The number of alkyl halides is 3. The highest BCUT2D eigenvalue weighted by molar-refractivity contribution is 7.92. The van der Waals surface area contributed by atoms with E-state index in [0.29, 0.717) is 0 Å². The molecule has 2 aromatic carbocycles. The Kier molecular flexibility index (Phi) is 7.39. The lowest BCUT2D eigenvalue weighted by Crippen LogP contribution is -2.20. The molecule has 0 aromatic heterocycles. The van der Waals surface area contributed by atoms with Crippen molar-refractivity contribution in [3.8, 4) is 17.2 Å². The highest BCUT2D eigenvalue weighted by Gasteiger charge is 2.33. The van der Waals surface area contributed by atoms with Crippen LogP contribution >= 0.6 is 0 Å². The molecule has 0 aliphatic carbocycles. The molecular formula is C19H18F3NO7S. The molecule has 0 saturated carbocycles. The van der Waals surface area contributed by atoms with Crippen molar-refractivity contribution in [2.75, 3.05) is 26.1 Å². The predicted octanol–water partition coefficient (Wildman–Crippen LogP) is 3.59. The molecule has 31 heavy (non-hydrogen) atoms. The monoisotopic (exact) mass is 461 g/mol. The summed E-state index contributed by atoms with van der Waals surface area (Å²) < 4.78 is 84.7. The summed E-state index contributed by atoms with van der Waals surface area (Å²) in [7, 11) is -0.856. The summed E-state index contributed by atoms with van der Waals surface area (Å²) in [4.78, 5) is 10.9. The van der Waals surface area contributed by atoms with Crippen molar-refractivity contribution in [2.24, 2.45) is 0 Å².